The van der Waals surface area contributed by atoms with Crippen molar-refractivity contribution >= 4 is 0 Å². The van der Waals surface area contributed by atoms with Crippen LogP contribution in [0.1, 0.15) is 67.2 Å². The SMILES string of the molecule is CCCC(C(C)C)C(C)CC(C)CC. The van der Waals surface area contributed by atoms with Crippen molar-refractivity contribution in [3.05, 3.63) is 0 Å². The molecule has 0 aliphatic carbocycles. The van der Waals surface area contributed by atoms with E-state index >= 15 is 0 Å². The van der Waals surface area contributed by atoms with Gasteiger partial charge < -0.3 is 0 Å². The Balaban J connectivity index is 4.07. The fourth-order valence-electron chi connectivity index (χ4n) is 2.58. The third-order valence-corrected chi connectivity index (χ3v) is 3.68. The molecule has 0 N–H and O–H groups in total. The van der Waals surface area contributed by atoms with E-state index in [0.717, 1.165) is 23.7 Å². The lowest BCUT2D eigenvalue weighted by Gasteiger charge is -2.29. The molecule has 86 valence electrons. The molecule has 0 radical (unpaired) electrons. The minimum Gasteiger partial charge on any atom is -0.0654 e. The number of hydrogen-bond acceptors (Lipinski definition) is 0. The summed E-state index contributed by atoms with van der Waals surface area (Å²) in [5.41, 5.74) is 0. The molecule has 0 saturated heterocycles. The van der Waals surface area contributed by atoms with Gasteiger partial charge in [0.05, 0.1) is 0 Å². The predicted molar refractivity (Wildman–Crippen MR) is 66.5 cm³/mol. The maximum atomic E-state index is 2.45. The molecule has 14 heavy (non-hydrogen) atoms. The summed E-state index contributed by atoms with van der Waals surface area (Å²) in [6, 6.07) is 0. The maximum Gasteiger partial charge on any atom is -0.0365 e. The molecule has 0 aromatic carbocycles. The lowest BCUT2D eigenvalue weighted by molar-refractivity contribution is 0.216. The van der Waals surface area contributed by atoms with Crippen LogP contribution in [0, 0.1) is 23.7 Å². The van der Waals surface area contributed by atoms with Crippen LogP contribution in [-0.4, -0.2) is 0 Å². The Hall–Kier alpha value is 0. The van der Waals surface area contributed by atoms with E-state index in [0.29, 0.717) is 0 Å². The van der Waals surface area contributed by atoms with Crippen molar-refractivity contribution in [3.8, 4) is 0 Å². The van der Waals surface area contributed by atoms with E-state index in [1.165, 1.54) is 25.7 Å². The van der Waals surface area contributed by atoms with E-state index in [2.05, 4.69) is 41.5 Å². The molecule has 0 amide bonds. The second kappa shape index (κ2) is 7.31. The molecule has 0 heterocycles. The topological polar surface area (TPSA) is 0 Å². The van der Waals surface area contributed by atoms with E-state index < -0.39 is 0 Å². The van der Waals surface area contributed by atoms with E-state index in [-0.39, 0.29) is 0 Å². The van der Waals surface area contributed by atoms with Crippen LogP contribution in [0.2, 0.25) is 0 Å². The lowest BCUT2D eigenvalue weighted by Crippen LogP contribution is -2.19. The maximum absolute atomic E-state index is 2.45. The van der Waals surface area contributed by atoms with Crippen LogP contribution in [0.4, 0.5) is 0 Å². The summed E-state index contributed by atoms with van der Waals surface area (Å²) in [5.74, 6) is 3.61. The Labute approximate surface area is 91.5 Å². The van der Waals surface area contributed by atoms with Crippen LogP contribution in [0.5, 0.6) is 0 Å². The zero-order chi connectivity index (χ0) is 11.1. The summed E-state index contributed by atoms with van der Waals surface area (Å²) in [4.78, 5) is 0. The summed E-state index contributed by atoms with van der Waals surface area (Å²) >= 11 is 0. The van der Waals surface area contributed by atoms with Gasteiger partial charge in [0.2, 0.25) is 0 Å². The van der Waals surface area contributed by atoms with Crippen molar-refractivity contribution in [3.63, 3.8) is 0 Å². The summed E-state index contributed by atoms with van der Waals surface area (Å²) in [6.45, 7) is 14.2. The molecule has 3 unspecified atom stereocenters. The largest absolute Gasteiger partial charge is 0.0654 e. The summed E-state index contributed by atoms with van der Waals surface area (Å²) in [5, 5.41) is 0. The van der Waals surface area contributed by atoms with Crippen LogP contribution >= 0.6 is 0 Å². The molecule has 0 aromatic heterocycles. The van der Waals surface area contributed by atoms with Crippen molar-refractivity contribution in [2.75, 3.05) is 0 Å². The molecule has 0 bridgehead atoms. The quantitative estimate of drug-likeness (QED) is 0.532. The smallest absolute Gasteiger partial charge is 0.0365 e. The van der Waals surface area contributed by atoms with E-state index in [9.17, 15) is 0 Å². The zero-order valence-corrected chi connectivity index (χ0v) is 11.1. The first-order valence-corrected chi connectivity index (χ1v) is 6.52. The minimum atomic E-state index is 0.856. The fraction of sp³-hybridized carbons (Fsp3) is 1.00. The van der Waals surface area contributed by atoms with Crippen LogP contribution in [0.15, 0.2) is 0 Å². The first-order valence-electron chi connectivity index (χ1n) is 6.52. The van der Waals surface area contributed by atoms with Crippen LogP contribution in [0.25, 0.3) is 0 Å². The van der Waals surface area contributed by atoms with Gasteiger partial charge in [-0.3, -0.25) is 0 Å². The molecular formula is C14H30. The lowest BCUT2D eigenvalue weighted by atomic mass is 9.77. The molecule has 0 rings (SSSR count). The van der Waals surface area contributed by atoms with Gasteiger partial charge in [-0.1, -0.05) is 60.8 Å². The van der Waals surface area contributed by atoms with Crippen molar-refractivity contribution < 1.29 is 0 Å². The second-order valence-corrected chi connectivity index (χ2v) is 5.42. The van der Waals surface area contributed by atoms with Crippen LogP contribution < -0.4 is 0 Å². The molecule has 0 aliphatic heterocycles. The number of hydrogen-bond donors (Lipinski definition) is 0. The average Bonchev–Trinajstić information content (AvgIpc) is 2.13. The van der Waals surface area contributed by atoms with Gasteiger partial charge in [-0.25, -0.2) is 0 Å². The van der Waals surface area contributed by atoms with Gasteiger partial charge >= 0.3 is 0 Å². The van der Waals surface area contributed by atoms with E-state index in [1.807, 2.05) is 0 Å². The highest BCUT2D eigenvalue weighted by Crippen LogP contribution is 2.30. The van der Waals surface area contributed by atoms with E-state index in [1.54, 1.807) is 0 Å². The standard InChI is InChI=1S/C14H30/c1-7-9-14(11(3)4)13(6)10-12(5)8-2/h11-14H,7-10H2,1-6H3. The molecule has 0 nitrogen and oxygen atoms in total. The van der Waals surface area contributed by atoms with Crippen molar-refractivity contribution in [2.45, 2.75) is 67.2 Å². The highest BCUT2D eigenvalue weighted by Gasteiger charge is 2.20. The Kier molecular flexibility index (Phi) is 7.31. The summed E-state index contributed by atoms with van der Waals surface area (Å²) in [6.07, 6.45) is 5.50. The minimum absolute atomic E-state index is 0.856. The Bertz CT molecular complexity index is 126. The molecular weight excluding hydrogens is 168 g/mol. The normalized spacial score (nSPS) is 18.2. The second-order valence-electron chi connectivity index (χ2n) is 5.42. The summed E-state index contributed by atoms with van der Waals surface area (Å²) in [7, 11) is 0. The molecule has 0 aromatic rings. The van der Waals surface area contributed by atoms with Gasteiger partial charge in [0.1, 0.15) is 0 Å². The fourth-order valence-corrected chi connectivity index (χ4v) is 2.58. The molecule has 0 aliphatic rings. The number of rotatable bonds is 7. The third kappa shape index (κ3) is 5.02. The Morgan fingerprint density at radius 2 is 1.50 bits per heavy atom. The van der Waals surface area contributed by atoms with Crippen molar-refractivity contribution in [2.24, 2.45) is 23.7 Å². The third-order valence-electron chi connectivity index (χ3n) is 3.68. The van der Waals surface area contributed by atoms with Crippen molar-refractivity contribution in [1.29, 1.82) is 0 Å². The van der Waals surface area contributed by atoms with Gasteiger partial charge in [-0.2, -0.15) is 0 Å². The average molecular weight is 198 g/mol. The predicted octanol–water partition coefficient (Wildman–Crippen LogP) is 5.13. The molecule has 0 saturated carbocycles. The molecule has 0 spiro atoms. The zero-order valence-electron chi connectivity index (χ0n) is 11.1. The van der Waals surface area contributed by atoms with E-state index in [4.69, 9.17) is 0 Å². The van der Waals surface area contributed by atoms with Gasteiger partial charge in [-0.05, 0) is 30.1 Å². The first-order chi connectivity index (χ1) is 6.52. The van der Waals surface area contributed by atoms with Gasteiger partial charge in [0.25, 0.3) is 0 Å². The van der Waals surface area contributed by atoms with Crippen molar-refractivity contribution in [1.82, 2.24) is 0 Å². The highest BCUT2D eigenvalue weighted by atomic mass is 14.3. The molecule has 0 fully saturated rings. The molecule has 0 heteroatoms. The van der Waals surface area contributed by atoms with Gasteiger partial charge in [0, 0.05) is 0 Å². The van der Waals surface area contributed by atoms with Crippen LogP contribution in [0.3, 0.4) is 0 Å². The molecule has 3 atom stereocenters. The van der Waals surface area contributed by atoms with Gasteiger partial charge in [-0.15, -0.1) is 0 Å². The Morgan fingerprint density at radius 3 is 1.86 bits per heavy atom. The summed E-state index contributed by atoms with van der Waals surface area (Å²) < 4.78 is 0. The van der Waals surface area contributed by atoms with Gasteiger partial charge in [0.15, 0.2) is 0 Å². The first kappa shape index (κ1) is 14.0. The highest BCUT2D eigenvalue weighted by molar-refractivity contribution is 4.71. The monoisotopic (exact) mass is 198 g/mol. The Morgan fingerprint density at radius 1 is 0.929 bits per heavy atom. The van der Waals surface area contributed by atoms with Crippen LogP contribution in [-0.2, 0) is 0 Å².